The fourth-order valence-corrected chi connectivity index (χ4v) is 2.42. The Kier molecular flexibility index (Phi) is 4.00. The van der Waals surface area contributed by atoms with Crippen LogP contribution in [0.3, 0.4) is 0 Å². The van der Waals surface area contributed by atoms with Crippen molar-refractivity contribution >= 4 is 23.8 Å². The quantitative estimate of drug-likeness (QED) is 0.705. The topological polar surface area (TPSA) is 58.8 Å². The Morgan fingerprint density at radius 2 is 2.23 bits per heavy atom. The highest BCUT2D eigenvalue weighted by Crippen LogP contribution is 2.26. The predicted octanol–water partition coefficient (Wildman–Crippen LogP) is 4.05. The molecule has 0 spiro atoms. The summed E-state index contributed by atoms with van der Waals surface area (Å²) in [6, 6.07) is 8.10. The molecule has 1 aromatic carbocycles. The number of aromatic nitrogens is 3. The Morgan fingerprint density at radius 1 is 1.41 bits per heavy atom. The van der Waals surface area contributed by atoms with Crippen molar-refractivity contribution in [1.29, 1.82) is 0 Å². The zero-order valence-corrected chi connectivity index (χ0v) is 13.1. The van der Waals surface area contributed by atoms with Gasteiger partial charge in [0.15, 0.2) is 0 Å². The van der Waals surface area contributed by atoms with E-state index in [9.17, 15) is 4.39 Å². The molecule has 22 heavy (non-hydrogen) atoms. The van der Waals surface area contributed by atoms with E-state index in [1.165, 1.54) is 12.1 Å². The van der Waals surface area contributed by atoms with E-state index in [4.69, 9.17) is 28.2 Å². The number of H-pyrrole nitrogens is 1. The van der Waals surface area contributed by atoms with Gasteiger partial charge in [-0.15, -0.1) is 0 Å². The van der Waals surface area contributed by atoms with Crippen molar-refractivity contribution in [3.8, 4) is 11.3 Å². The number of nitrogens with one attached hydrogen (secondary N) is 2. The lowest BCUT2D eigenvalue weighted by Gasteiger charge is -2.06. The SMILES string of the molecule is Cc1n[nH]c(=S)n1NCc1ccc(-c2ccc(F)c(Cl)c2)o1. The molecule has 2 heterocycles. The molecule has 2 aromatic heterocycles. The number of halogens is 2. The maximum Gasteiger partial charge on any atom is 0.214 e. The molecule has 0 amide bonds. The maximum atomic E-state index is 13.2. The van der Waals surface area contributed by atoms with Crippen molar-refractivity contribution < 1.29 is 8.81 Å². The molecule has 114 valence electrons. The summed E-state index contributed by atoms with van der Waals surface area (Å²) in [7, 11) is 0. The number of rotatable bonds is 4. The lowest BCUT2D eigenvalue weighted by Crippen LogP contribution is -2.15. The minimum atomic E-state index is -0.455. The summed E-state index contributed by atoms with van der Waals surface area (Å²) in [5, 5.41) is 6.75. The Morgan fingerprint density at radius 3 is 2.91 bits per heavy atom. The number of aryl methyl sites for hydroxylation is 1. The van der Waals surface area contributed by atoms with Crippen LogP contribution in [0.15, 0.2) is 34.7 Å². The maximum absolute atomic E-state index is 13.2. The average Bonchev–Trinajstić information content (AvgIpc) is 3.08. The molecule has 8 heteroatoms. The number of hydrogen-bond donors (Lipinski definition) is 2. The highest BCUT2D eigenvalue weighted by molar-refractivity contribution is 7.71. The molecule has 0 saturated carbocycles. The van der Waals surface area contributed by atoms with E-state index < -0.39 is 5.82 Å². The molecule has 5 nitrogen and oxygen atoms in total. The molecule has 0 aliphatic heterocycles. The number of furan rings is 1. The predicted molar refractivity (Wildman–Crippen MR) is 84.3 cm³/mol. The highest BCUT2D eigenvalue weighted by atomic mass is 35.5. The van der Waals surface area contributed by atoms with Crippen LogP contribution in [-0.2, 0) is 6.54 Å². The Labute approximate surface area is 135 Å². The summed E-state index contributed by atoms with van der Waals surface area (Å²) in [5.74, 6) is 1.59. The van der Waals surface area contributed by atoms with Gasteiger partial charge in [0.2, 0.25) is 4.77 Å². The van der Waals surface area contributed by atoms with Gasteiger partial charge < -0.3 is 9.84 Å². The van der Waals surface area contributed by atoms with Crippen molar-refractivity contribution in [2.75, 3.05) is 5.43 Å². The molecule has 0 aliphatic carbocycles. The van der Waals surface area contributed by atoms with Crippen molar-refractivity contribution in [1.82, 2.24) is 14.9 Å². The molecule has 0 fully saturated rings. The summed E-state index contributed by atoms with van der Waals surface area (Å²) in [5.41, 5.74) is 3.82. The first-order chi connectivity index (χ1) is 10.5. The zero-order chi connectivity index (χ0) is 15.7. The van der Waals surface area contributed by atoms with Gasteiger partial charge in [0.25, 0.3) is 0 Å². The molecule has 0 unspecified atom stereocenters. The first kappa shape index (κ1) is 14.8. The van der Waals surface area contributed by atoms with Gasteiger partial charge in [-0.2, -0.15) is 5.10 Å². The minimum Gasteiger partial charge on any atom is -0.459 e. The molecule has 0 bridgehead atoms. The van der Waals surface area contributed by atoms with E-state index in [2.05, 4.69) is 15.6 Å². The van der Waals surface area contributed by atoms with Crippen molar-refractivity contribution in [3.05, 3.63) is 57.5 Å². The number of benzene rings is 1. The van der Waals surface area contributed by atoms with E-state index in [1.54, 1.807) is 10.7 Å². The van der Waals surface area contributed by atoms with Gasteiger partial charge >= 0.3 is 0 Å². The van der Waals surface area contributed by atoms with E-state index in [0.29, 0.717) is 28.4 Å². The molecule has 0 radical (unpaired) electrons. The second kappa shape index (κ2) is 5.94. The van der Waals surface area contributed by atoms with Gasteiger partial charge in [0.1, 0.15) is 23.2 Å². The van der Waals surface area contributed by atoms with Crippen LogP contribution < -0.4 is 5.43 Å². The van der Waals surface area contributed by atoms with Crippen LogP contribution >= 0.6 is 23.8 Å². The largest absolute Gasteiger partial charge is 0.459 e. The van der Waals surface area contributed by atoms with Crippen LogP contribution in [-0.4, -0.2) is 14.9 Å². The lowest BCUT2D eigenvalue weighted by atomic mass is 10.2. The fraction of sp³-hybridized carbons (Fsp3) is 0.143. The Bertz CT molecular complexity index is 870. The van der Waals surface area contributed by atoms with Crippen LogP contribution in [0.1, 0.15) is 11.6 Å². The molecule has 3 aromatic rings. The van der Waals surface area contributed by atoms with Gasteiger partial charge in [-0.1, -0.05) is 11.6 Å². The number of nitrogens with zero attached hydrogens (tertiary/aromatic N) is 2. The second-order valence-electron chi connectivity index (χ2n) is 4.64. The molecule has 0 saturated heterocycles. The number of hydrogen-bond acceptors (Lipinski definition) is 4. The van der Waals surface area contributed by atoms with Crippen molar-refractivity contribution in [2.24, 2.45) is 0 Å². The third kappa shape index (κ3) is 2.90. The van der Waals surface area contributed by atoms with Gasteiger partial charge in [-0.05, 0) is 49.5 Å². The van der Waals surface area contributed by atoms with Gasteiger partial charge in [0, 0.05) is 5.56 Å². The Hall–Kier alpha value is -2.12. The van der Waals surface area contributed by atoms with Crippen LogP contribution in [0.5, 0.6) is 0 Å². The number of aromatic amines is 1. The molecule has 2 N–H and O–H groups in total. The fourth-order valence-electron chi connectivity index (χ4n) is 2.00. The van der Waals surface area contributed by atoms with E-state index in [-0.39, 0.29) is 5.02 Å². The van der Waals surface area contributed by atoms with E-state index >= 15 is 0 Å². The third-order valence-electron chi connectivity index (χ3n) is 3.12. The normalized spacial score (nSPS) is 10.9. The van der Waals surface area contributed by atoms with Crippen LogP contribution in [0.25, 0.3) is 11.3 Å². The molecular formula is C14H12ClFN4OS. The molecule has 0 atom stereocenters. The summed E-state index contributed by atoms with van der Waals surface area (Å²) < 4.78 is 21.0. The monoisotopic (exact) mass is 338 g/mol. The molecule has 0 aliphatic rings. The van der Waals surface area contributed by atoms with E-state index in [0.717, 1.165) is 5.82 Å². The summed E-state index contributed by atoms with van der Waals surface area (Å²) in [6.07, 6.45) is 0. The van der Waals surface area contributed by atoms with E-state index in [1.807, 2.05) is 19.1 Å². The summed E-state index contributed by atoms with van der Waals surface area (Å²) in [4.78, 5) is 0. The van der Waals surface area contributed by atoms with Crippen molar-refractivity contribution in [3.63, 3.8) is 0 Å². The standard InChI is InChI=1S/C14H12ClFN4OS/c1-8-18-19-14(22)20(8)17-7-10-3-5-13(21-10)9-2-4-12(16)11(15)6-9/h2-6,17H,7H2,1H3,(H,19,22). The highest BCUT2D eigenvalue weighted by Gasteiger charge is 2.08. The molecular weight excluding hydrogens is 327 g/mol. The third-order valence-corrected chi connectivity index (χ3v) is 3.68. The van der Waals surface area contributed by atoms with Crippen molar-refractivity contribution in [2.45, 2.75) is 13.5 Å². The lowest BCUT2D eigenvalue weighted by molar-refractivity contribution is 0.521. The van der Waals surface area contributed by atoms with Crippen LogP contribution in [0.4, 0.5) is 4.39 Å². The summed E-state index contributed by atoms with van der Waals surface area (Å²) in [6.45, 7) is 2.26. The zero-order valence-electron chi connectivity index (χ0n) is 11.6. The molecule has 3 rings (SSSR count). The van der Waals surface area contributed by atoms with Gasteiger partial charge in [0.05, 0.1) is 11.6 Å². The van der Waals surface area contributed by atoms with Crippen LogP contribution in [0.2, 0.25) is 5.02 Å². The van der Waals surface area contributed by atoms with Crippen LogP contribution in [0, 0.1) is 17.5 Å². The Balaban J connectivity index is 1.76. The summed E-state index contributed by atoms with van der Waals surface area (Å²) >= 11 is 10.9. The second-order valence-corrected chi connectivity index (χ2v) is 5.44. The first-order valence-electron chi connectivity index (χ1n) is 6.46. The first-order valence-corrected chi connectivity index (χ1v) is 7.25. The van der Waals surface area contributed by atoms with Gasteiger partial charge in [-0.25, -0.2) is 9.07 Å². The minimum absolute atomic E-state index is 0.0638. The smallest absolute Gasteiger partial charge is 0.214 e. The average molecular weight is 339 g/mol. The van der Waals surface area contributed by atoms with Gasteiger partial charge in [-0.3, -0.25) is 5.10 Å².